The zero-order valence-corrected chi connectivity index (χ0v) is 13.6. The van der Waals surface area contributed by atoms with Crippen LogP contribution in [0.3, 0.4) is 0 Å². The van der Waals surface area contributed by atoms with Gasteiger partial charge in [0.15, 0.2) is 11.5 Å². The molecule has 1 N–H and O–H groups in total. The highest BCUT2D eigenvalue weighted by Crippen LogP contribution is 2.32. The molecule has 3 aromatic rings. The van der Waals surface area contributed by atoms with Crippen molar-refractivity contribution in [1.29, 1.82) is 0 Å². The van der Waals surface area contributed by atoms with Gasteiger partial charge in [-0.1, -0.05) is 6.07 Å². The minimum Gasteiger partial charge on any atom is -0.493 e. The molecule has 7 heteroatoms. The Hall–Kier alpha value is -3.22. The Morgan fingerprint density at radius 2 is 1.80 bits per heavy atom. The second kappa shape index (κ2) is 6.72. The molecule has 0 aliphatic rings. The number of aliphatic carboxylic acids is 1. The van der Waals surface area contributed by atoms with Gasteiger partial charge in [0.2, 0.25) is 0 Å². The quantitative estimate of drug-likeness (QED) is 0.767. The molecule has 0 amide bonds. The van der Waals surface area contributed by atoms with E-state index < -0.39 is 11.8 Å². The van der Waals surface area contributed by atoms with Gasteiger partial charge in [-0.2, -0.15) is 0 Å². The topological polar surface area (TPSA) is 81.5 Å². The summed E-state index contributed by atoms with van der Waals surface area (Å²) in [4.78, 5) is 19.4. The Morgan fingerprint density at radius 3 is 2.40 bits per heavy atom. The number of rotatable bonds is 5. The molecule has 0 atom stereocenters. The van der Waals surface area contributed by atoms with Crippen molar-refractivity contribution < 1.29 is 23.8 Å². The highest BCUT2D eigenvalue weighted by atomic mass is 19.1. The number of ether oxygens (including phenoxy) is 2. The summed E-state index contributed by atoms with van der Waals surface area (Å²) >= 11 is 0. The SMILES string of the molecule is COc1cc2ncc(-c3ccc(CC(=O)O)cc3F)nc2cc1OC. The molecule has 0 bridgehead atoms. The second-order valence-corrected chi connectivity index (χ2v) is 5.34. The monoisotopic (exact) mass is 342 g/mol. The van der Waals surface area contributed by atoms with Gasteiger partial charge < -0.3 is 14.6 Å². The molecule has 1 heterocycles. The summed E-state index contributed by atoms with van der Waals surface area (Å²) < 4.78 is 24.8. The first-order valence-electron chi connectivity index (χ1n) is 7.41. The summed E-state index contributed by atoms with van der Waals surface area (Å²) in [5, 5.41) is 8.79. The Bertz CT molecular complexity index is 959. The smallest absolute Gasteiger partial charge is 0.307 e. The van der Waals surface area contributed by atoms with Crippen molar-refractivity contribution in [3.8, 4) is 22.8 Å². The molecule has 0 aliphatic carbocycles. The third-order valence-electron chi connectivity index (χ3n) is 3.71. The van der Waals surface area contributed by atoms with Crippen LogP contribution in [0.4, 0.5) is 4.39 Å². The van der Waals surface area contributed by atoms with Crippen LogP contribution >= 0.6 is 0 Å². The molecule has 6 nitrogen and oxygen atoms in total. The van der Waals surface area contributed by atoms with E-state index >= 15 is 0 Å². The average Bonchev–Trinajstić information content (AvgIpc) is 2.59. The fourth-order valence-electron chi connectivity index (χ4n) is 2.52. The molecular formula is C18H15FN2O4. The highest BCUT2D eigenvalue weighted by Gasteiger charge is 2.13. The minimum absolute atomic E-state index is 0.238. The number of nitrogens with zero attached hydrogens (tertiary/aromatic N) is 2. The fourth-order valence-corrected chi connectivity index (χ4v) is 2.52. The van der Waals surface area contributed by atoms with Gasteiger partial charge in [-0.3, -0.25) is 9.78 Å². The molecule has 0 unspecified atom stereocenters. The third-order valence-corrected chi connectivity index (χ3v) is 3.71. The van der Waals surface area contributed by atoms with Crippen LogP contribution in [0.25, 0.3) is 22.3 Å². The van der Waals surface area contributed by atoms with E-state index in [4.69, 9.17) is 14.6 Å². The molecule has 2 aromatic carbocycles. The van der Waals surface area contributed by atoms with Crippen LogP contribution < -0.4 is 9.47 Å². The Morgan fingerprint density at radius 1 is 1.12 bits per heavy atom. The number of carboxylic acid groups (broad SMARTS) is 1. The first kappa shape index (κ1) is 16.6. The van der Waals surface area contributed by atoms with Gasteiger partial charge >= 0.3 is 5.97 Å². The maximum absolute atomic E-state index is 14.3. The summed E-state index contributed by atoms with van der Waals surface area (Å²) in [6.45, 7) is 0. The Balaban J connectivity index is 2.05. The highest BCUT2D eigenvalue weighted by molar-refractivity contribution is 5.81. The second-order valence-electron chi connectivity index (χ2n) is 5.34. The summed E-state index contributed by atoms with van der Waals surface area (Å²) in [7, 11) is 3.04. The van der Waals surface area contributed by atoms with E-state index in [1.807, 2.05) is 0 Å². The van der Waals surface area contributed by atoms with Crippen molar-refractivity contribution in [2.24, 2.45) is 0 Å². The number of fused-ring (bicyclic) bond motifs is 1. The van der Waals surface area contributed by atoms with Crippen molar-refractivity contribution in [2.75, 3.05) is 14.2 Å². The number of aromatic nitrogens is 2. The van der Waals surface area contributed by atoms with Gasteiger partial charge in [0.05, 0.1) is 43.6 Å². The number of hydrogen-bond acceptors (Lipinski definition) is 5. The number of halogens is 1. The van der Waals surface area contributed by atoms with Crippen LogP contribution in [-0.2, 0) is 11.2 Å². The van der Waals surface area contributed by atoms with E-state index in [0.29, 0.717) is 33.8 Å². The summed E-state index contributed by atoms with van der Waals surface area (Å²) in [6, 6.07) is 7.62. The first-order valence-corrected chi connectivity index (χ1v) is 7.41. The lowest BCUT2D eigenvalue weighted by atomic mass is 10.1. The van der Waals surface area contributed by atoms with Crippen LogP contribution in [0, 0.1) is 5.82 Å². The lowest BCUT2D eigenvalue weighted by Crippen LogP contribution is -2.01. The standard InChI is InChI=1S/C18H15FN2O4/c1-24-16-7-13-14(8-17(16)25-2)21-15(9-20-13)11-4-3-10(5-12(11)19)6-18(22)23/h3-5,7-9H,6H2,1-2H3,(H,22,23). The molecule has 3 rings (SSSR count). The number of benzene rings is 2. The largest absolute Gasteiger partial charge is 0.493 e. The van der Waals surface area contributed by atoms with Crippen molar-refractivity contribution in [3.63, 3.8) is 0 Å². The van der Waals surface area contributed by atoms with E-state index in [0.717, 1.165) is 0 Å². The molecular weight excluding hydrogens is 327 g/mol. The number of methoxy groups -OCH3 is 2. The molecule has 1 aromatic heterocycles. The zero-order chi connectivity index (χ0) is 18.0. The molecule has 0 fully saturated rings. The molecule has 25 heavy (non-hydrogen) atoms. The van der Waals surface area contributed by atoms with Crippen LogP contribution in [0.1, 0.15) is 5.56 Å². The molecule has 128 valence electrons. The minimum atomic E-state index is -1.02. The van der Waals surface area contributed by atoms with E-state index in [1.165, 1.54) is 32.5 Å². The van der Waals surface area contributed by atoms with Gasteiger partial charge in [-0.25, -0.2) is 9.37 Å². The van der Waals surface area contributed by atoms with Crippen LogP contribution in [-0.4, -0.2) is 35.3 Å². The Labute approximate surface area is 142 Å². The normalized spacial score (nSPS) is 10.7. The predicted molar refractivity (Wildman–Crippen MR) is 89.4 cm³/mol. The third kappa shape index (κ3) is 3.35. The van der Waals surface area contributed by atoms with Gasteiger partial charge in [-0.15, -0.1) is 0 Å². The van der Waals surface area contributed by atoms with Crippen LogP contribution in [0.15, 0.2) is 36.5 Å². The Kier molecular flexibility index (Phi) is 4.47. The lowest BCUT2D eigenvalue weighted by Gasteiger charge is -2.10. The maximum atomic E-state index is 14.3. The van der Waals surface area contributed by atoms with E-state index in [-0.39, 0.29) is 12.0 Å². The fraction of sp³-hybridized carbons (Fsp3) is 0.167. The molecule has 0 aliphatic heterocycles. The number of carbonyl (C=O) groups is 1. The van der Waals surface area contributed by atoms with Crippen molar-refractivity contribution >= 4 is 17.0 Å². The molecule has 0 saturated carbocycles. The molecule has 0 radical (unpaired) electrons. The van der Waals surface area contributed by atoms with E-state index in [9.17, 15) is 9.18 Å². The van der Waals surface area contributed by atoms with Gasteiger partial charge in [-0.05, 0) is 17.7 Å². The number of carboxylic acids is 1. The van der Waals surface area contributed by atoms with Gasteiger partial charge in [0.1, 0.15) is 5.82 Å². The summed E-state index contributed by atoms with van der Waals surface area (Å²) in [5.41, 5.74) is 2.10. The van der Waals surface area contributed by atoms with E-state index in [1.54, 1.807) is 18.2 Å². The van der Waals surface area contributed by atoms with Gasteiger partial charge in [0, 0.05) is 17.7 Å². The van der Waals surface area contributed by atoms with Crippen LogP contribution in [0.5, 0.6) is 11.5 Å². The maximum Gasteiger partial charge on any atom is 0.307 e. The molecule has 0 spiro atoms. The lowest BCUT2D eigenvalue weighted by molar-refractivity contribution is -0.136. The zero-order valence-electron chi connectivity index (χ0n) is 13.6. The average molecular weight is 342 g/mol. The number of hydrogen-bond donors (Lipinski definition) is 1. The van der Waals surface area contributed by atoms with Crippen molar-refractivity contribution in [2.45, 2.75) is 6.42 Å². The molecule has 0 saturated heterocycles. The summed E-state index contributed by atoms with van der Waals surface area (Å²) in [6.07, 6.45) is 1.22. The first-order chi connectivity index (χ1) is 12.0. The van der Waals surface area contributed by atoms with Crippen molar-refractivity contribution in [3.05, 3.63) is 47.9 Å². The van der Waals surface area contributed by atoms with E-state index in [2.05, 4.69) is 9.97 Å². The van der Waals surface area contributed by atoms with Gasteiger partial charge in [0.25, 0.3) is 0 Å². The predicted octanol–water partition coefficient (Wildman–Crippen LogP) is 3.08. The van der Waals surface area contributed by atoms with Crippen LogP contribution in [0.2, 0.25) is 0 Å². The van der Waals surface area contributed by atoms with Crippen molar-refractivity contribution in [1.82, 2.24) is 9.97 Å². The summed E-state index contributed by atoms with van der Waals surface area (Å²) in [5.74, 6) is -0.536.